The summed E-state index contributed by atoms with van der Waals surface area (Å²) in [4.78, 5) is 27.0. The number of nitrogens with one attached hydrogen (secondary N) is 2. The van der Waals surface area contributed by atoms with Gasteiger partial charge in [0.1, 0.15) is 5.69 Å². The SMILES string of the molecule is Cc1cc(C(=O)NC2CCC(C(=O)N3Cc4ccccc4C3)CC2)n[nH]1. The van der Waals surface area contributed by atoms with Crippen molar-refractivity contribution in [3.63, 3.8) is 0 Å². The van der Waals surface area contributed by atoms with Crippen LogP contribution < -0.4 is 5.32 Å². The molecule has 0 saturated heterocycles. The molecule has 1 aromatic carbocycles. The van der Waals surface area contributed by atoms with E-state index in [1.54, 1.807) is 6.07 Å². The fourth-order valence-electron chi connectivity index (χ4n) is 4.03. The first kappa shape index (κ1) is 16.8. The van der Waals surface area contributed by atoms with Crippen molar-refractivity contribution in [1.29, 1.82) is 0 Å². The fourth-order valence-corrected chi connectivity index (χ4v) is 4.03. The Morgan fingerprint density at radius 2 is 1.77 bits per heavy atom. The quantitative estimate of drug-likeness (QED) is 0.891. The smallest absolute Gasteiger partial charge is 0.271 e. The van der Waals surface area contributed by atoms with Crippen molar-refractivity contribution < 1.29 is 9.59 Å². The maximum atomic E-state index is 12.8. The molecule has 6 heteroatoms. The molecule has 0 bridgehead atoms. The second-order valence-electron chi connectivity index (χ2n) is 7.42. The fraction of sp³-hybridized carbons (Fsp3) is 0.450. The molecule has 0 radical (unpaired) electrons. The summed E-state index contributed by atoms with van der Waals surface area (Å²) in [6.07, 6.45) is 3.34. The predicted molar refractivity (Wildman–Crippen MR) is 97.2 cm³/mol. The molecule has 0 atom stereocenters. The van der Waals surface area contributed by atoms with Crippen LogP contribution in [0, 0.1) is 12.8 Å². The van der Waals surface area contributed by atoms with E-state index in [1.165, 1.54) is 11.1 Å². The molecule has 2 aliphatic rings. The van der Waals surface area contributed by atoms with Gasteiger partial charge in [0.05, 0.1) is 0 Å². The summed E-state index contributed by atoms with van der Waals surface area (Å²) in [5.74, 6) is 0.193. The highest BCUT2D eigenvalue weighted by Crippen LogP contribution is 2.30. The zero-order valence-electron chi connectivity index (χ0n) is 15.0. The van der Waals surface area contributed by atoms with Gasteiger partial charge < -0.3 is 10.2 Å². The van der Waals surface area contributed by atoms with E-state index in [2.05, 4.69) is 27.6 Å². The van der Waals surface area contributed by atoms with Crippen LogP contribution in [0.4, 0.5) is 0 Å². The molecule has 2 amide bonds. The van der Waals surface area contributed by atoms with Gasteiger partial charge in [-0.2, -0.15) is 5.10 Å². The van der Waals surface area contributed by atoms with Crippen molar-refractivity contribution in [2.45, 2.75) is 51.7 Å². The first-order chi connectivity index (χ1) is 12.6. The highest BCUT2D eigenvalue weighted by molar-refractivity contribution is 5.92. The monoisotopic (exact) mass is 352 g/mol. The van der Waals surface area contributed by atoms with Gasteiger partial charge in [0.2, 0.25) is 5.91 Å². The van der Waals surface area contributed by atoms with E-state index < -0.39 is 0 Å². The van der Waals surface area contributed by atoms with Crippen molar-refractivity contribution in [2.24, 2.45) is 5.92 Å². The number of fused-ring (bicyclic) bond motifs is 1. The number of amides is 2. The van der Waals surface area contributed by atoms with Gasteiger partial charge in [0.25, 0.3) is 5.91 Å². The van der Waals surface area contributed by atoms with E-state index in [9.17, 15) is 9.59 Å². The third-order valence-electron chi connectivity index (χ3n) is 5.50. The molecule has 1 aliphatic heterocycles. The van der Waals surface area contributed by atoms with E-state index in [4.69, 9.17) is 0 Å². The number of hydrogen-bond acceptors (Lipinski definition) is 3. The number of carbonyl (C=O) groups excluding carboxylic acids is 2. The van der Waals surface area contributed by atoms with E-state index in [0.29, 0.717) is 5.69 Å². The number of aromatic nitrogens is 2. The minimum Gasteiger partial charge on any atom is -0.348 e. The number of aromatic amines is 1. The maximum Gasteiger partial charge on any atom is 0.271 e. The Labute approximate surface area is 153 Å². The molecule has 1 aliphatic carbocycles. The third-order valence-corrected chi connectivity index (χ3v) is 5.50. The Morgan fingerprint density at radius 3 is 2.35 bits per heavy atom. The third kappa shape index (κ3) is 3.36. The Kier molecular flexibility index (Phi) is 4.49. The normalized spacial score (nSPS) is 22.1. The maximum absolute atomic E-state index is 12.8. The lowest BCUT2D eigenvalue weighted by Crippen LogP contribution is -2.41. The molecule has 1 saturated carbocycles. The minimum absolute atomic E-state index is 0.0742. The number of H-pyrrole nitrogens is 1. The Balaban J connectivity index is 1.28. The Bertz CT molecular complexity index is 796. The van der Waals surface area contributed by atoms with Crippen LogP contribution in [0.2, 0.25) is 0 Å². The molecule has 0 spiro atoms. The van der Waals surface area contributed by atoms with Crippen molar-refractivity contribution in [2.75, 3.05) is 0 Å². The molecule has 6 nitrogen and oxygen atoms in total. The summed E-state index contributed by atoms with van der Waals surface area (Å²) >= 11 is 0. The molecular formula is C20H24N4O2. The van der Waals surface area contributed by atoms with Crippen molar-refractivity contribution in [3.8, 4) is 0 Å². The molecule has 2 heterocycles. The molecule has 2 N–H and O–H groups in total. The molecule has 1 fully saturated rings. The van der Waals surface area contributed by atoms with E-state index >= 15 is 0 Å². The highest BCUT2D eigenvalue weighted by atomic mass is 16.2. The molecular weight excluding hydrogens is 328 g/mol. The summed E-state index contributed by atoms with van der Waals surface area (Å²) in [5, 5.41) is 9.83. The number of hydrogen-bond donors (Lipinski definition) is 2. The average Bonchev–Trinajstić information content (AvgIpc) is 3.28. The summed E-state index contributed by atoms with van der Waals surface area (Å²) in [6, 6.07) is 10.1. The number of rotatable bonds is 3. The molecule has 2 aromatic rings. The Hall–Kier alpha value is -2.63. The van der Waals surface area contributed by atoms with Gasteiger partial charge in [-0.25, -0.2) is 0 Å². The first-order valence-corrected chi connectivity index (χ1v) is 9.28. The molecule has 4 rings (SSSR count). The van der Waals surface area contributed by atoms with Crippen molar-refractivity contribution in [1.82, 2.24) is 20.4 Å². The number of nitrogens with zero attached hydrogens (tertiary/aromatic N) is 2. The lowest BCUT2D eigenvalue weighted by molar-refractivity contribution is -0.137. The van der Waals surface area contributed by atoms with Crippen LogP contribution in [-0.2, 0) is 17.9 Å². The predicted octanol–water partition coefficient (Wildman–Crippen LogP) is 2.55. The number of aryl methyl sites for hydroxylation is 1. The Morgan fingerprint density at radius 1 is 1.12 bits per heavy atom. The van der Waals surface area contributed by atoms with Gasteiger partial charge in [-0.05, 0) is 49.8 Å². The summed E-state index contributed by atoms with van der Waals surface area (Å²) in [7, 11) is 0. The summed E-state index contributed by atoms with van der Waals surface area (Å²) < 4.78 is 0. The number of benzene rings is 1. The zero-order chi connectivity index (χ0) is 18.1. The van der Waals surface area contributed by atoms with E-state index in [0.717, 1.165) is 44.5 Å². The largest absolute Gasteiger partial charge is 0.348 e. The standard InChI is InChI=1S/C20H24N4O2/c1-13-10-18(23-22-13)19(25)21-17-8-6-14(7-9-17)20(26)24-11-15-4-2-3-5-16(15)12-24/h2-5,10,14,17H,6-9,11-12H2,1H3,(H,21,25)(H,22,23). The van der Waals surface area contributed by atoms with Crippen molar-refractivity contribution >= 4 is 11.8 Å². The van der Waals surface area contributed by atoms with Gasteiger partial charge >= 0.3 is 0 Å². The van der Waals surface area contributed by atoms with Crippen molar-refractivity contribution in [3.05, 3.63) is 52.8 Å². The van der Waals surface area contributed by atoms with Crippen LogP contribution in [0.3, 0.4) is 0 Å². The second-order valence-corrected chi connectivity index (χ2v) is 7.42. The van der Waals surface area contributed by atoms with Gasteiger partial charge in [-0.15, -0.1) is 0 Å². The van der Waals surface area contributed by atoms with Crippen LogP contribution in [0.1, 0.15) is 53.0 Å². The molecule has 136 valence electrons. The summed E-state index contributed by atoms with van der Waals surface area (Å²) in [5.41, 5.74) is 3.82. The van der Waals surface area contributed by atoms with Gasteiger partial charge in [0.15, 0.2) is 0 Å². The first-order valence-electron chi connectivity index (χ1n) is 9.28. The van der Waals surface area contributed by atoms with Gasteiger partial charge in [-0.1, -0.05) is 24.3 Å². The van der Waals surface area contributed by atoms with Gasteiger partial charge in [-0.3, -0.25) is 14.7 Å². The van der Waals surface area contributed by atoms with Crippen LogP contribution in [-0.4, -0.2) is 33.0 Å². The highest BCUT2D eigenvalue weighted by Gasteiger charge is 2.32. The lowest BCUT2D eigenvalue weighted by Gasteiger charge is -2.30. The zero-order valence-corrected chi connectivity index (χ0v) is 15.0. The minimum atomic E-state index is -0.140. The van der Waals surface area contributed by atoms with E-state index in [1.807, 2.05) is 24.0 Å². The average molecular weight is 352 g/mol. The molecule has 1 aromatic heterocycles. The molecule has 26 heavy (non-hydrogen) atoms. The van der Waals surface area contributed by atoms with E-state index in [-0.39, 0.29) is 23.8 Å². The van der Waals surface area contributed by atoms with Gasteiger partial charge in [0, 0.05) is 30.7 Å². The molecule has 0 unspecified atom stereocenters. The van der Waals surface area contributed by atoms with Crippen LogP contribution in [0.15, 0.2) is 30.3 Å². The van der Waals surface area contributed by atoms with Crippen LogP contribution in [0.5, 0.6) is 0 Å². The topological polar surface area (TPSA) is 78.1 Å². The van der Waals surface area contributed by atoms with Crippen LogP contribution in [0.25, 0.3) is 0 Å². The second kappa shape index (κ2) is 6.94. The number of carbonyl (C=O) groups is 2. The summed E-state index contributed by atoms with van der Waals surface area (Å²) in [6.45, 7) is 3.33. The van der Waals surface area contributed by atoms with Crippen LogP contribution >= 0.6 is 0 Å². The lowest BCUT2D eigenvalue weighted by atomic mass is 9.85.